The predicted molar refractivity (Wildman–Crippen MR) is 42.1 cm³/mol. The number of alkyl halides is 6. The molecule has 16 heavy (non-hydrogen) atoms. The Morgan fingerprint density at radius 3 is 1.88 bits per heavy atom. The lowest BCUT2D eigenvalue weighted by atomic mass is 10.1. The van der Waals surface area contributed by atoms with Gasteiger partial charge in [0.05, 0.1) is 6.54 Å². The molecule has 0 rings (SSSR count). The van der Waals surface area contributed by atoms with E-state index in [9.17, 15) is 31.1 Å². The van der Waals surface area contributed by atoms with Gasteiger partial charge in [-0.15, -0.1) is 6.42 Å². The summed E-state index contributed by atoms with van der Waals surface area (Å²) in [4.78, 5) is 11.1. The van der Waals surface area contributed by atoms with Crippen LogP contribution in [0.3, 0.4) is 0 Å². The summed E-state index contributed by atoms with van der Waals surface area (Å²) in [6.07, 6.45) is -6.69. The van der Waals surface area contributed by atoms with Gasteiger partial charge in [-0.05, 0) is 0 Å². The van der Waals surface area contributed by atoms with Gasteiger partial charge in [-0.2, -0.15) is 26.3 Å². The van der Waals surface area contributed by atoms with Gasteiger partial charge in [0.25, 0.3) is 0 Å². The molecule has 0 aliphatic carbocycles. The van der Waals surface area contributed by atoms with Crippen molar-refractivity contribution in [3.63, 3.8) is 0 Å². The highest BCUT2D eigenvalue weighted by atomic mass is 19.4. The molecule has 92 valence electrons. The highest BCUT2D eigenvalue weighted by Crippen LogP contribution is 2.40. The molecule has 0 N–H and O–H groups in total. The Kier molecular flexibility index (Phi) is 4.23. The standard InChI is InChI=1S/C8H7F6NO/c1-3-4-15(2)6(16)5(7(9,10)11)8(12,13)14/h1,5H,4H2,2H3. The van der Waals surface area contributed by atoms with Crippen LogP contribution in [0.25, 0.3) is 0 Å². The maximum atomic E-state index is 12.0. The van der Waals surface area contributed by atoms with Crippen LogP contribution in [0.2, 0.25) is 0 Å². The molecule has 0 aromatic heterocycles. The zero-order valence-corrected chi connectivity index (χ0v) is 7.99. The van der Waals surface area contributed by atoms with E-state index in [-0.39, 0.29) is 4.90 Å². The van der Waals surface area contributed by atoms with E-state index < -0.39 is 30.7 Å². The fourth-order valence-corrected chi connectivity index (χ4v) is 0.901. The molecule has 0 aromatic rings. The Labute approximate surface area is 87.2 Å². The SMILES string of the molecule is C#CCN(C)C(=O)C(C(F)(F)F)C(F)(F)F. The van der Waals surface area contributed by atoms with Crippen molar-refractivity contribution in [2.24, 2.45) is 5.92 Å². The largest absolute Gasteiger partial charge is 0.409 e. The molecular formula is C8H7F6NO. The number of nitrogens with zero attached hydrogens (tertiary/aromatic N) is 1. The van der Waals surface area contributed by atoms with Gasteiger partial charge in [0.1, 0.15) is 0 Å². The Hall–Kier alpha value is -1.39. The van der Waals surface area contributed by atoms with Crippen molar-refractivity contribution < 1.29 is 31.1 Å². The average molecular weight is 247 g/mol. The highest BCUT2D eigenvalue weighted by molar-refractivity contribution is 5.80. The molecule has 0 heterocycles. The van der Waals surface area contributed by atoms with Crippen LogP contribution in [0.15, 0.2) is 0 Å². The number of rotatable bonds is 2. The van der Waals surface area contributed by atoms with Gasteiger partial charge >= 0.3 is 12.4 Å². The molecule has 0 fully saturated rings. The van der Waals surface area contributed by atoms with Crippen LogP contribution in [-0.2, 0) is 4.79 Å². The Balaban J connectivity index is 5.10. The monoisotopic (exact) mass is 247 g/mol. The van der Waals surface area contributed by atoms with Crippen LogP contribution < -0.4 is 0 Å². The van der Waals surface area contributed by atoms with Gasteiger partial charge in [-0.25, -0.2) is 0 Å². The van der Waals surface area contributed by atoms with E-state index in [1.807, 2.05) is 0 Å². The number of hydrogen-bond donors (Lipinski definition) is 0. The zero-order chi connectivity index (χ0) is 13.1. The lowest BCUT2D eigenvalue weighted by Gasteiger charge is -2.25. The molecule has 0 aromatic carbocycles. The van der Waals surface area contributed by atoms with E-state index in [0.29, 0.717) is 0 Å². The number of carbonyl (C=O) groups excluding carboxylic acids is 1. The van der Waals surface area contributed by atoms with Gasteiger partial charge in [0, 0.05) is 7.05 Å². The fraction of sp³-hybridized carbons (Fsp3) is 0.625. The van der Waals surface area contributed by atoms with Gasteiger partial charge < -0.3 is 4.90 Å². The second-order valence-electron chi connectivity index (χ2n) is 2.91. The van der Waals surface area contributed by atoms with Gasteiger partial charge in [0.2, 0.25) is 11.8 Å². The van der Waals surface area contributed by atoms with Crippen molar-refractivity contribution in [2.45, 2.75) is 12.4 Å². The fourth-order valence-electron chi connectivity index (χ4n) is 0.901. The summed E-state index contributed by atoms with van der Waals surface area (Å²) in [6.45, 7) is -0.624. The quantitative estimate of drug-likeness (QED) is 0.538. The summed E-state index contributed by atoms with van der Waals surface area (Å²) in [5, 5.41) is 0. The first-order valence-electron chi connectivity index (χ1n) is 3.83. The second-order valence-corrected chi connectivity index (χ2v) is 2.91. The highest BCUT2D eigenvalue weighted by Gasteiger charge is 2.61. The molecule has 8 heteroatoms. The van der Waals surface area contributed by atoms with Crippen LogP contribution in [-0.4, -0.2) is 36.8 Å². The third kappa shape index (κ3) is 3.64. The van der Waals surface area contributed by atoms with Crippen molar-refractivity contribution in [3.8, 4) is 12.3 Å². The van der Waals surface area contributed by atoms with Gasteiger partial charge in [0.15, 0.2) is 0 Å². The number of halogens is 6. The molecule has 0 atom stereocenters. The maximum absolute atomic E-state index is 12.0. The molecule has 0 bridgehead atoms. The molecule has 0 saturated heterocycles. The third-order valence-corrected chi connectivity index (χ3v) is 1.61. The summed E-state index contributed by atoms with van der Waals surface area (Å²) in [5.74, 6) is -4.37. The molecule has 0 spiro atoms. The molecule has 1 amide bonds. The zero-order valence-electron chi connectivity index (χ0n) is 7.99. The third-order valence-electron chi connectivity index (χ3n) is 1.61. The average Bonchev–Trinajstić information content (AvgIpc) is 1.98. The van der Waals surface area contributed by atoms with Crippen molar-refractivity contribution in [1.82, 2.24) is 4.90 Å². The van der Waals surface area contributed by atoms with Crippen molar-refractivity contribution >= 4 is 5.91 Å². The lowest BCUT2D eigenvalue weighted by molar-refractivity contribution is -0.277. The molecule has 0 aliphatic rings. The van der Waals surface area contributed by atoms with E-state index in [0.717, 1.165) is 7.05 Å². The Morgan fingerprint density at radius 2 is 1.62 bits per heavy atom. The predicted octanol–water partition coefficient (Wildman–Crippen LogP) is 1.82. The normalized spacial score (nSPS) is 12.4. The molecule has 2 nitrogen and oxygen atoms in total. The smallest absolute Gasteiger partial charge is 0.334 e. The minimum Gasteiger partial charge on any atom is -0.334 e. The summed E-state index contributed by atoms with van der Waals surface area (Å²) < 4.78 is 72.3. The second kappa shape index (κ2) is 4.63. The van der Waals surface area contributed by atoms with E-state index in [1.54, 1.807) is 5.92 Å². The topological polar surface area (TPSA) is 20.3 Å². The van der Waals surface area contributed by atoms with Crippen LogP contribution in [0.1, 0.15) is 0 Å². The molecule has 0 radical (unpaired) electrons. The van der Waals surface area contributed by atoms with Crippen LogP contribution in [0.4, 0.5) is 26.3 Å². The minimum atomic E-state index is -5.68. The van der Waals surface area contributed by atoms with Gasteiger partial charge in [-0.1, -0.05) is 5.92 Å². The van der Waals surface area contributed by atoms with Crippen LogP contribution >= 0.6 is 0 Å². The number of terminal acetylenes is 1. The molecule has 0 aliphatic heterocycles. The Morgan fingerprint density at radius 1 is 1.25 bits per heavy atom. The van der Waals surface area contributed by atoms with Crippen molar-refractivity contribution in [1.29, 1.82) is 0 Å². The Bertz CT molecular complexity index is 285. The summed E-state index contributed by atoms with van der Waals surface area (Å²) in [7, 11) is 0.771. The first-order chi connectivity index (χ1) is 7.01. The van der Waals surface area contributed by atoms with E-state index in [2.05, 4.69) is 6.42 Å². The number of hydrogen-bond acceptors (Lipinski definition) is 1. The number of amides is 1. The number of carbonyl (C=O) groups is 1. The molecular weight excluding hydrogens is 240 g/mol. The van der Waals surface area contributed by atoms with Crippen LogP contribution in [0.5, 0.6) is 0 Å². The molecule has 0 unspecified atom stereocenters. The van der Waals surface area contributed by atoms with Crippen molar-refractivity contribution in [2.75, 3.05) is 13.6 Å². The summed E-state index contributed by atoms with van der Waals surface area (Å²) in [6, 6.07) is 0. The maximum Gasteiger partial charge on any atom is 0.409 e. The van der Waals surface area contributed by atoms with Crippen LogP contribution in [0, 0.1) is 18.3 Å². The summed E-state index contributed by atoms with van der Waals surface area (Å²) in [5.41, 5.74) is 0. The molecule has 0 saturated carbocycles. The first kappa shape index (κ1) is 14.6. The van der Waals surface area contributed by atoms with E-state index in [1.165, 1.54) is 0 Å². The summed E-state index contributed by atoms with van der Waals surface area (Å²) >= 11 is 0. The minimum absolute atomic E-state index is 0.200. The first-order valence-corrected chi connectivity index (χ1v) is 3.83. The van der Waals surface area contributed by atoms with Crippen molar-refractivity contribution in [3.05, 3.63) is 0 Å². The lowest BCUT2D eigenvalue weighted by Crippen LogP contribution is -2.48. The van der Waals surface area contributed by atoms with E-state index >= 15 is 0 Å². The van der Waals surface area contributed by atoms with Gasteiger partial charge in [-0.3, -0.25) is 4.79 Å². The van der Waals surface area contributed by atoms with E-state index in [4.69, 9.17) is 0 Å².